The van der Waals surface area contributed by atoms with Crippen molar-refractivity contribution in [3.05, 3.63) is 57.6 Å². The van der Waals surface area contributed by atoms with Gasteiger partial charge in [-0.25, -0.2) is 5.43 Å². The zero-order valence-electron chi connectivity index (χ0n) is 12.5. The number of hydrogen-bond donors (Lipinski definition) is 2. The molecule has 0 aromatic heterocycles. The first-order valence-electron chi connectivity index (χ1n) is 7.03. The van der Waals surface area contributed by atoms with Gasteiger partial charge in [-0.15, -0.1) is 0 Å². The summed E-state index contributed by atoms with van der Waals surface area (Å²) in [5, 5.41) is 4.26. The molecule has 0 radical (unpaired) electrons. The Morgan fingerprint density at radius 1 is 1.23 bits per heavy atom. The summed E-state index contributed by atoms with van der Waals surface area (Å²) < 4.78 is 1.15. The van der Waals surface area contributed by atoms with Crippen LogP contribution in [-0.2, 0) is 6.42 Å². The third-order valence-electron chi connectivity index (χ3n) is 3.85. The van der Waals surface area contributed by atoms with Gasteiger partial charge in [0.15, 0.2) is 0 Å². The highest BCUT2D eigenvalue weighted by Crippen LogP contribution is 2.41. The quantitative estimate of drug-likeness (QED) is 0.420. The van der Waals surface area contributed by atoms with E-state index in [9.17, 15) is 0 Å². The first-order valence-corrected chi connectivity index (χ1v) is 7.83. The molecule has 1 aliphatic rings. The molecule has 0 saturated heterocycles. The summed E-state index contributed by atoms with van der Waals surface area (Å²) in [5.74, 6) is 0.303. The molecular weight excluding hydrogens is 340 g/mol. The number of hydrogen-bond acceptors (Lipinski definition) is 2. The van der Waals surface area contributed by atoms with E-state index >= 15 is 0 Å². The average Bonchev–Trinajstić information content (AvgIpc) is 2.90. The standard InChI is InChI=1S/C17H17BrN4/c1-10(21-22-17(19)20-2)11-6-7-14-13(8-11)9-12-4-3-5-15(18)16(12)14/h3-8H,9H2,1-2H3,(H3,19,20,22)/b21-10+. The smallest absolute Gasteiger partial charge is 0.209 e. The van der Waals surface area contributed by atoms with Crippen LogP contribution in [0, 0.1) is 0 Å². The Hall–Kier alpha value is -2.14. The van der Waals surface area contributed by atoms with Crippen LogP contribution in [-0.4, -0.2) is 18.7 Å². The summed E-state index contributed by atoms with van der Waals surface area (Å²) in [7, 11) is 1.62. The Kier molecular flexibility index (Phi) is 3.98. The number of guanidine groups is 1. The fraction of sp³-hybridized carbons (Fsp3) is 0.176. The molecule has 3 rings (SSSR count). The van der Waals surface area contributed by atoms with Gasteiger partial charge in [-0.2, -0.15) is 5.10 Å². The molecule has 0 aliphatic heterocycles. The van der Waals surface area contributed by atoms with Crippen molar-refractivity contribution in [2.75, 3.05) is 7.05 Å². The maximum absolute atomic E-state index is 5.59. The minimum atomic E-state index is 0.303. The van der Waals surface area contributed by atoms with Crippen LogP contribution in [0.25, 0.3) is 11.1 Å². The summed E-state index contributed by atoms with van der Waals surface area (Å²) >= 11 is 3.65. The lowest BCUT2D eigenvalue weighted by molar-refractivity contribution is 0.997. The van der Waals surface area contributed by atoms with E-state index in [1.807, 2.05) is 6.92 Å². The van der Waals surface area contributed by atoms with Crippen LogP contribution >= 0.6 is 15.9 Å². The van der Waals surface area contributed by atoms with Gasteiger partial charge in [0.05, 0.1) is 5.71 Å². The molecule has 2 aromatic carbocycles. The van der Waals surface area contributed by atoms with Crippen molar-refractivity contribution < 1.29 is 0 Å². The summed E-state index contributed by atoms with van der Waals surface area (Å²) in [4.78, 5) is 3.82. The van der Waals surface area contributed by atoms with Gasteiger partial charge < -0.3 is 5.73 Å². The molecule has 0 amide bonds. The Bertz CT molecular complexity index is 793. The number of rotatable bonds is 2. The van der Waals surface area contributed by atoms with Gasteiger partial charge in [0.1, 0.15) is 0 Å². The van der Waals surface area contributed by atoms with Crippen LogP contribution in [0.1, 0.15) is 23.6 Å². The summed E-state index contributed by atoms with van der Waals surface area (Å²) in [6.07, 6.45) is 0.956. The second-order valence-corrected chi connectivity index (χ2v) is 6.09. The fourth-order valence-corrected chi connectivity index (χ4v) is 3.31. The van der Waals surface area contributed by atoms with E-state index in [-0.39, 0.29) is 0 Å². The highest BCUT2D eigenvalue weighted by Gasteiger charge is 2.20. The molecule has 2 aromatic rings. The summed E-state index contributed by atoms with van der Waals surface area (Å²) in [6, 6.07) is 12.8. The van der Waals surface area contributed by atoms with E-state index in [2.05, 4.69) is 67.8 Å². The summed E-state index contributed by atoms with van der Waals surface area (Å²) in [6.45, 7) is 1.95. The number of benzene rings is 2. The third kappa shape index (κ3) is 2.64. The second kappa shape index (κ2) is 5.93. The molecule has 0 heterocycles. The van der Waals surface area contributed by atoms with Crippen LogP contribution in [0.2, 0.25) is 0 Å². The number of nitrogens with zero attached hydrogens (tertiary/aromatic N) is 2. The molecule has 1 aliphatic carbocycles. The van der Waals surface area contributed by atoms with E-state index < -0.39 is 0 Å². The van der Waals surface area contributed by atoms with Crippen molar-refractivity contribution in [1.29, 1.82) is 0 Å². The normalized spacial score (nSPS) is 13.8. The zero-order valence-corrected chi connectivity index (χ0v) is 14.1. The summed E-state index contributed by atoms with van der Waals surface area (Å²) in [5.41, 5.74) is 15.6. The Labute approximate surface area is 138 Å². The van der Waals surface area contributed by atoms with Gasteiger partial charge in [0.25, 0.3) is 0 Å². The van der Waals surface area contributed by atoms with Crippen molar-refractivity contribution in [1.82, 2.24) is 5.43 Å². The molecule has 22 heavy (non-hydrogen) atoms. The van der Waals surface area contributed by atoms with Crippen LogP contribution in [0.3, 0.4) is 0 Å². The topological polar surface area (TPSA) is 62.8 Å². The lowest BCUT2D eigenvalue weighted by atomic mass is 10.0. The van der Waals surface area contributed by atoms with E-state index in [0.717, 1.165) is 22.2 Å². The van der Waals surface area contributed by atoms with E-state index in [4.69, 9.17) is 5.73 Å². The fourth-order valence-electron chi connectivity index (χ4n) is 2.69. The van der Waals surface area contributed by atoms with Gasteiger partial charge in [0, 0.05) is 11.5 Å². The van der Waals surface area contributed by atoms with E-state index in [0.29, 0.717) is 5.96 Å². The molecule has 0 fully saturated rings. The number of nitrogens with one attached hydrogen (secondary N) is 1. The van der Waals surface area contributed by atoms with Crippen molar-refractivity contribution in [2.24, 2.45) is 15.8 Å². The van der Waals surface area contributed by atoms with Crippen LogP contribution in [0.5, 0.6) is 0 Å². The molecule has 0 bridgehead atoms. The van der Waals surface area contributed by atoms with Gasteiger partial charge in [-0.1, -0.05) is 40.2 Å². The van der Waals surface area contributed by atoms with Gasteiger partial charge in [-0.05, 0) is 53.3 Å². The van der Waals surface area contributed by atoms with Crippen molar-refractivity contribution in [3.8, 4) is 11.1 Å². The number of aliphatic imine (C=N–C) groups is 1. The molecule has 112 valence electrons. The van der Waals surface area contributed by atoms with Crippen molar-refractivity contribution in [2.45, 2.75) is 13.3 Å². The monoisotopic (exact) mass is 356 g/mol. The number of hydrazone groups is 1. The minimum Gasteiger partial charge on any atom is -0.369 e. The number of halogens is 1. The van der Waals surface area contributed by atoms with E-state index in [1.54, 1.807) is 7.05 Å². The van der Waals surface area contributed by atoms with Gasteiger partial charge >= 0.3 is 0 Å². The maximum Gasteiger partial charge on any atom is 0.209 e. The Balaban J connectivity index is 1.94. The Morgan fingerprint density at radius 2 is 2.05 bits per heavy atom. The van der Waals surface area contributed by atoms with Crippen LogP contribution in [0.15, 0.2) is 51.0 Å². The molecule has 0 unspecified atom stereocenters. The largest absolute Gasteiger partial charge is 0.369 e. The minimum absolute atomic E-state index is 0.303. The maximum atomic E-state index is 5.59. The highest BCUT2D eigenvalue weighted by atomic mass is 79.9. The number of nitrogens with two attached hydrogens (primary N) is 1. The highest BCUT2D eigenvalue weighted by molar-refractivity contribution is 9.10. The molecule has 0 saturated carbocycles. The first-order chi connectivity index (χ1) is 10.6. The average molecular weight is 357 g/mol. The molecule has 0 spiro atoms. The molecule has 5 heteroatoms. The number of fused-ring (bicyclic) bond motifs is 3. The van der Waals surface area contributed by atoms with E-state index in [1.165, 1.54) is 22.3 Å². The lowest BCUT2D eigenvalue weighted by Crippen LogP contribution is -2.27. The predicted molar refractivity (Wildman–Crippen MR) is 95.3 cm³/mol. The van der Waals surface area contributed by atoms with Crippen LogP contribution in [0.4, 0.5) is 0 Å². The first kappa shape index (κ1) is 14.8. The second-order valence-electron chi connectivity index (χ2n) is 5.24. The Morgan fingerprint density at radius 3 is 2.82 bits per heavy atom. The molecule has 4 nitrogen and oxygen atoms in total. The van der Waals surface area contributed by atoms with Gasteiger partial charge in [0.2, 0.25) is 5.96 Å². The molecule has 3 N–H and O–H groups in total. The third-order valence-corrected chi connectivity index (χ3v) is 4.51. The molecule has 0 atom stereocenters. The predicted octanol–water partition coefficient (Wildman–Crippen LogP) is 3.28. The van der Waals surface area contributed by atoms with Crippen molar-refractivity contribution >= 4 is 27.6 Å². The molecular formula is C17H17BrN4. The zero-order chi connectivity index (χ0) is 15.7. The van der Waals surface area contributed by atoms with Crippen molar-refractivity contribution in [3.63, 3.8) is 0 Å². The van der Waals surface area contributed by atoms with Crippen LogP contribution < -0.4 is 11.2 Å². The SMILES string of the molecule is CN=C(N)N/N=C(\C)c1ccc2c(c1)Cc1cccc(Br)c1-2. The van der Waals surface area contributed by atoms with Gasteiger partial charge in [-0.3, -0.25) is 4.99 Å². The lowest BCUT2D eigenvalue weighted by Gasteiger charge is -2.07.